The van der Waals surface area contributed by atoms with Crippen molar-refractivity contribution >= 4 is 33.9 Å². The average Bonchev–Trinajstić information content (AvgIpc) is 2.97. The number of nitrogens with one attached hydrogen (secondary N) is 1. The molecule has 2 aromatic rings. The van der Waals surface area contributed by atoms with Crippen LogP contribution in [0.25, 0.3) is 0 Å². The molecule has 6 heteroatoms. The number of benzene rings is 1. The van der Waals surface area contributed by atoms with Crippen LogP contribution >= 0.6 is 11.3 Å². The molecule has 2 N–H and O–H groups in total. The molecule has 0 saturated carbocycles. The fourth-order valence-electron chi connectivity index (χ4n) is 2.18. The van der Waals surface area contributed by atoms with E-state index in [1.54, 1.807) is 6.20 Å². The normalized spacial score (nSPS) is 12.9. The molecule has 0 saturated heterocycles. The number of rotatable bonds is 2. The molecule has 0 bridgehead atoms. The van der Waals surface area contributed by atoms with Crippen molar-refractivity contribution in [2.75, 3.05) is 16.8 Å². The first-order valence-electron chi connectivity index (χ1n) is 5.97. The van der Waals surface area contributed by atoms with E-state index in [0.29, 0.717) is 10.8 Å². The van der Waals surface area contributed by atoms with Crippen LogP contribution in [-0.4, -0.2) is 22.7 Å². The molecule has 3 rings (SSSR count). The van der Waals surface area contributed by atoms with E-state index in [2.05, 4.69) is 10.3 Å². The highest BCUT2D eigenvalue weighted by Crippen LogP contribution is 2.33. The minimum Gasteiger partial charge on any atom is -0.464 e. The van der Waals surface area contributed by atoms with Gasteiger partial charge in [0, 0.05) is 23.3 Å². The minimum atomic E-state index is -1.01. The van der Waals surface area contributed by atoms with Crippen LogP contribution in [0, 0.1) is 6.92 Å². The van der Waals surface area contributed by atoms with Crippen molar-refractivity contribution in [3.05, 3.63) is 34.8 Å². The molecule has 5 nitrogen and oxygen atoms in total. The second-order valence-electron chi connectivity index (χ2n) is 4.39. The Morgan fingerprint density at radius 3 is 3.05 bits per heavy atom. The van der Waals surface area contributed by atoms with Crippen molar-refractivity contribution < 1.29 is 9.90 Å². The Balaban J connectivity index is 2.03. The summed E-state index contributed by atoms with van der Waals surface area (Å²) in [5.41, 5.74) is 2.88. The largest absolute Gasteiger partial charge is 0.464 e. The van der Waals surface area contributed by atoms with Crippen LogP contribution in [0.1, 0.15) is 10.4 Å². The number of carboxylic acid groups (broad SMARTS) is 1. The summed E-state index contributed by atoms with van der Waals surface area (Å²) in [6.45, 7) is 2.82. The molecule has 98 valence electrons. The zero-order valence-corrected chi connectivity index (χ0v) is 11.2. The average molecular weight is 275 g/mol. The van der Waals surface area contributed by atoms with E-state index in [1.807, 2.05) is 25.1 Å². The van der Waals surface area contributed by atoms with Gasteiger partial charge in [-0.25, -0.2) is 14.7 Å². The lowest BCUT2D eigenvalue weighted by atomic mass is 10.1. The highest BCUT2D eigenvalue weighted by molar-refractivity contribution is 7.15. The van der Waals surface area contributed by atoms with Crippen LogP contribution in [0.4, 0.5) is 21.3 Å². The summed E-state index contributed by atoms with van der Waals surface area (Å²) in [6, 6.07) is 5.65. The molecule has 0 spiro atoms. The lowest BCUT2D eigenvalue weighted by Gasteiger charge is -2.17. The van der Waals surface area contributed by atoms with Crippen LogP contribution in [0.3, 0.4) is 0 Å². The standard InChI is InChI=1S/C13H13N3O2S/c1-8-7-15-12(19-8)16(13(17)18)10-2-3-11-9(6-10)4-5-14-11/h2-3,6-7,14H,4-5H2,1H3,(H,17,18). The highest BCUT2D eigenvalue weighted by Gasteiger charge is 2.21. The smallest absolute Gasteiger partial charge is 0.418 e. The first-order chi connectivity index (χ1) is 9.15. The molecule has 1 aliphatic rings. The van der Waals surface area contributed by atoms with Crippen LogP contribution in [0.2, 0.25) is 0 Å². The molecule has 1 amide bonds. The Morgan fingerprint density at radius 1 is 1.53 bits per heavy atom. The lowest BCUT2D eigenvalue weighted by molar-refractivity contribution is 0.205. The van der Waals surface area contributed by atoms with Gasteiger partial charge >= 0.3 is 6.09 Å². The van der Waals surface area contributed by atoms with E-state index < -0.39 is 6.09 Å². The van der Waals surface area contributed by atoms with Crippen molar-refractivity contribution in [1.29, 1.82) is 0 Å². The summed E-state index contributed by atoms with van der Waals surface area (Å²) >= 11 is 1.37. The third-order valence-corrected chi connectivity index (χ3v) is 3.95. The maximum Gasteiger partial charge on any atom is 0.418 e. The predicted molar refractivity (Wildman–Crippen MR) is 75.7 cm³/mol. The van der Waals surface area contributed by atoms with Gasteiger partial charge in [-0.15, -0.1) is 11.3 Å². The quantitative estimate of drug-likeness (QED) is 0.883. The van der Waals surface area contributed by atoms with Crippen LogP contribution in [-0.2, 0) is 6.42 Å². The van der Waals surface area contributed by atoms with Crippen LogP contribution in [0.15, 0.2) is 24.4 Å². The SMILES string of the molecule is Cc1cnc(N(C(=O)O)c2ccc3c(c2)CCN3)s1. The van der Waals surface area contributed by atoms with Gasteiger partial charge in [-0.2, -0.15) is 0 Å². The topological polar surface area (TPSA) is 65.5 Å². The number of hydrogen-bond donors (Lipinski definition) is 2. The number of thiazole rings is 1. The molecule has 1 aromatic carbocycles. The number of aryl methyl sites for hydroxylation is 1. The summed E-state index contributed by atoms with van der Waals surface area (Å²) < 4.78 is 0. The Bertz CT molecular complexity index is 639. The van der Waals surface area contributed by atoms with Gasteiger partial charge in [-0.05, 0) is 37.1 Å². The first kappa shape index (κ1) is 12.0. The van der Waals surface area contributed by atoms with Crippen molar-refractivity contribution in [1.82, 2.24) is 4.98 Å². The number of anilines is 3. The Hall–Kier alpha value is -2.08. The van der Waals surface area contributed by atoms with E-state index >= 15 is 0 Å². The third-order valence-electron chi connectivity index (χ3n) is 3.05. The summed E-state index contributed by atoms with van der Waals surface area (Å²) in [7, 11) is 0. The fraction of sp³-hybridized carbons (Fsp3) is 0.231. The third kappa shape index (κ3) is 2.15. The number of nitrogens with zero attached hydrogens (tertiary/aromatic N) is 2. The van der Waals surface area contributed by atoms with Gasteiger partial charge in [-0.3, -0.25) is 0 Å². The van der Waals surface area contributed by atoms with Crippen LogP contribution in [0.5, 0.6) is 0 Å². The molecule has 0 fully saturated rings. The molecule has 1 aliphatic heterocycles. The van der Waals surface area contributed by atoms with Gasteiger partial charge < -0.3 is 10.4 Å². The molecule has 0 atom stereocenters. The monoisotopic (exact) mass is 275 g/mol. The predicted octanol–water partition coefficient (Wildman–Crippen LogP) is 3.24. The Kier molecular flexibility index (Phi) is 2.87. The van der Waals surface area contributed by atoms with E-state index in [0.717, 1.165) is 29.1 Å². The van der Waals surface area contributed by atoms with Gasteiger partial charge in [0.05, 0.1) is 5.69 Å². The van der Waals surface area contributed by atoms with E-state index in [4.69, 9.17) is 0 Å². The van der Waals surface area contributed by atoms with Gasteiger partial charge in [0.1, 0.15) is 0 Å². The lowest BCUT2D eigenvalue weighted by Crippen LogP contribution is -2.23. The summed E-state index contributed by atoms with van der Waals surface area (Å²) in [5, 5.41) is 13.2. The molecule has 2 heterocycles. The molecule has 0 radical (unpaired) electrons. The molecule has 19 heavy (non-hydrogen) atoms. The summed E-state index contributed by atoms with van der Waals surface area (Å²) in [4.78, 5) is 17.9. The van der Waals surface area contributed by atoms with Crippen molar-refractivity contribution in [2.45, 2.75) is 13.3 Å². The van der Waals surface area contributed by atoms with Crippen molar-refractivity contribution in [2.24, 2.45) is 0 Å². The summed E-state index contributed by atoms with van der Waals surface area (Å²) in [6.07, 6.45) is 1.60. The van der Waals surface area contributed by atoms with E-state index in [1.165, 1.54) is 16.2 Å². The highest BCUT2D eigenvalue weighted by atomic mass is 32.1. The van der Waals surface area contributed by atoms with Gasteiger partial charge in [0.2, 0.25) is 0 Å². The second-order valence-corrected chi connectivity index (χ2v) is 5.60. The molecule has 0 unspecified atom stereocenters. The fourth-order valence-corrected chi connectivity index (χ4v) is 2.95. The molecule has 1 aromatic heterocycles. The maximum atomic E-state index is 11.5. The number of hydrogen-bond acceptors (Lipinski definition) is 4. The van der Waals surface area contributed by atoms with Gasteiger partial charge in [0.25, 0.3) is 0 Å². The Morgan fingerprint density at radius 2 is 2.37 bits per heavy atom. The first-order valence-corrected chi connectivity index (χ1v) is 6.79. The molecular weight excluding hydrogens is 262 g/mol. The second kappa shape index (κ2) is 4.55. The molecular formula is C13H13N3O2S. The van der Waals surface area contributed by atoms with E-state index in [9.17, 15) is 9.90 Å². The van der Waals surface area contributed by atoms with Crippen molar-refractivity contribution in [3.8, 4) is 0 Å². The minimum absolute atomic E-state index is 0.482. The number of amides is 1. The zero-order chi connectivity index (χ0) is 13.4. The van der Waals surface area contributed by atoms with Gasteiger partial charge in [0.15, 0.2) is 5.13 Å². The van der Waals surface area contributed by atoms with Crippen LogP contribution < -0.4 is 10.2 Å². The van der Waals surface area contributed by atoms with E-state index in [-0.39, 0.29) is 0 Å². The number of aromatic nitrogens is 1. The zero-order valence-electron chi connectivity index (χ0n) is 10.4. The maximum absolute atomic E-state index is 11.5. The number of fused-ring (bicyclic) bond motifs is 1. The Labute approximate surface area is 114 Å². The van der Waals surface area contributed by atoms with Crippen molar-refractivity contribution in [3.63, 3.8) is 0 Å². The summed E-state index contributed by atoms with van der Waals surface area (Å²) in [5.74, 6) is 0. The van der Waals surface area contributed by atoms with Gasteiger partial charge in [-0.1, -0.05) is 0 Å². The molecule has 0 aliphatic carbocycles. The number of carbonyl (C=O) groups is 1.